The van der Waals surface area contributed by atoms with Crippen LogP contribution in [0.5, 0.6) is 0 Å². The minimum atomic E-state index is -0.240. The monoisotopic (exact) mass is 399 g/mol. The standard InChI is InChI=1S/C21H23ClFN5/c22-17-3-7-19(8-4-17)27-14-12-26(13-15-27)11-1-2-21-25-24-16-28(21)20-9-5-18(23)6-10-20/h3-10,16H,1-2,11-15H2. The Kier molecular flexibility index (Phi) is 5.88. The molecule has 1 aromatic heterocycles. The quantitative estimate of drug-likeness (QED) is 0.631. The van der Waals surface area contributed by atoms with E-state index in [9.17, 15) is 4.39 Å². The number of benzene rings is 2. The van der Waals surface area contributed by atoms with Gasteiger partial charge in [-0.25, -0.2) is 4.39 Å². The van der Waals surface area contributed by atoms with Crippen molar-refractivity contribution in [3.05, 3.63) is 71.5 Å². The van der Waals surface area contributed by atoms with E-state index in [0.717, 1.165) is 62.1 Å². The molecule has 146 valence electrons. The number of halogens is 2. The molecular formula is C21H23ClFN5. The minimum Gasteiger partial charge on any atom is -0.369 e. The maximum Gasteiger partial charge on any atom is 0.137 e. The van der Waals surface area contributed by atoms with Crippen molar-refractivity contribution >= 4 is 17.3 Å². The molecule has 1 aliphatic heterocycles. The Hall–Kier alpha value is -2.44. The van der Waals surface area contributed by atoms with Crippen molar-refractivity contribution in [2.75, 3.05) is 37.6 Å². The summed E-state index contributed by atoms with van der Waals surface area (Å²) in [4.78, 5) is 4.89. The van der Waals surface area contributed by atoms with Crippen LogP contribution >= 0.6 is 11.6 Å². The highest BCUT2D eigenvalue weighted by molar-refractivity contribution is 6.30. The molecule has 0 N–H and O–H groups in total. The van der Waals surface area contributed by atoms with Crippen molar-refractivity contribution in [1.29, 1.82) is 0 Å². The predicted octanol–water partition coefficient (Wildman–Crippen LogP) is 3.81. The lowest BCUT2D eigenvalue weighted by Crippen LogP contribution is -2.46. The van der Waals surface area contributed by atoms with Crippen LogP contribution in [0, 0.1) is 5.82 Å². The van der Waals surface area contributed by atoms with Crippen molar-refractivity contribution in [2.45, 2.75) is 12.8 Å². The van der Waals surface area contributed by atoms with E-state index < -0.39 is 0 Å². The zero-order chi connectivity index (χ0) is 19.3. The second-order valence-corrected chi connectivity index (χ2v) is 7.44. The molecule has 2 aromatic carbocycles. The molecule has 1 saturated heterocycles. The van der Waals surface area contributed by atoms with Crippen LogP contribution in [0.4, 0.5) is 10.1 Å². The molecule has 0 amide bonds. The van der Waals surface area contributed by atoms with Crippen LogP contribution in [0.15, 0.2) is 54.9 Å². The van der Waals surface area contributed by atoms with Crippen LogP contribution in [0.2, 0.25) is 5.02 Å². The van der Waals surface area contributed by atoms with E-state index in [1.165, 1.54) is 17.8 Å². The Morgan fingerprint density at radius 1 is 0.893 bits per heavy atom. The zero-order valence-corrected chi connectivity index (χ0v) is 16.4. The van der Waals surface area contributed by atoms with Gasteiger partial charge in [0.05, 0.1) is 0 Å². The molecule has 4 rings (SSSR count). The van der Waals surface area contributed by atoms with Crippen molar-refractivity contribution in [1.82, 2.24) is 19.7 Å². The summed E-state index contributed by atoms with van der Waals surface area (Å²) in [6.07, 6.45) is 3.54. The third-order valence-electron chi connectivity index (χ3n) is 5.16. The van der Waals surface area contributed by atoms with Crippen LogP contribution in [-0.2, 0) is 6.42 Å². The third kappa shape index (κ3) is 4.51. The Morgan fingerprint density at radius 2 is 1.57 bits per heavy atom. The highest BCUT2D eigenvalue weighted by atomic mass is 35.5. The Morgan fingerprint density at radius 3 is 2.29 bits per heavy atom. The van der Waals surface area contributed by atoms with Gasteiger partial charge in [0, 0.05) is 49.0 Å². The number of piperazine rings is 1. The van der Waals surface area contributed by atoms with Gasteiger partial charge in [-0.3, -0.25) is 9.47 Å². The maximum atomic E-state index is 13.1. The first kappa shape index (κ1) is 18.9. The Bertz CT molecular complexity index is 886. The van der Waals surface area contributed by atoms with Gasteiger partial charge in [0.1, 0.15) is 18.0 Å². The first-order valence-electron chi connectivity index (χ1n) is 9.57. The molecular weight excluding hydrogens is 377 g/mol. The summed E-state index contributed by atoms with van der Waals surface area (Å²) in [5.74, 6) is 0.669. The van der Waals surface area contributed by atoms with Gasteiger partial charge in [0.2, 0.25) is 0 Å². The van der Waals surface area contributed by atoms with E-state index in [-0.39, 0.29) is 5.82 Å². The van der Waals surface area contributed by atoms with E-state index >= 15 is 0 Å². The van der Waals surface area contributed by atoms with Gasteiger partial charge in [0.25, 0.3) is 0 Å². The van der Waals surface area contributed by atoms with Gasteiger partial charge < -0.3 is 4.90 Å². The zero-order valence-electron chi connectivity index (χ0n) is 15.6. The molecule has 0 radical (unpaired) electrons. The van der Waals surface area contributed by atoms with E-state index in [1.54, 1.807) is 18.5 Å². The fourth-order valence-corrected chi connectivity index (χ4v) is 3.72. The average Bonchev–Trinajstić information content (AvgIpc) is 3.18. The molecule has 0 atom stereocenters. The summed E-state index contributed by atoms with van der Waals surface area (Å²) in [5.41, 5.74) is 2.12. The number of rotatable bonds is 6. The second-order valence-electron chi connectivity index (χ2n) is 7.00. The molecule has 0 spiro atoms. The fraction of sp³-hybridized carbons (Fsp3) is 0.333. The van der Waals surface area contributed by atoms with Gasteiger partial charge in [0.15, 0.2) is 0 Å². The van der Waals surface area contributed by atoms with Crippen LogP contribution in [0.3, 0.4) is 0 Å². The molecule has 28 heavy (non-hydrogen) atoms. The number of hydrogen-bond acceptors (Lipinski definition) is 4. The van der Waals surface area contributed by atoms with Gasteiger partial charge in [-0.05, 0) is 61.5 Å². The number of aryl methyl sites for hydroxylation is 1. The summed E-state index contributed by atoms with van der Waals surface area (Å²) in [6.45, 7) is 5.17. The smallest absolute Gasteiger partial charge is 0.137 e. The molecule has 2 heterocycles. The minimum absolute atomic E-state index is 0.240. The molecule has 1 fully saturated rings. The van der Waals surface area contributed by atoms with Crippen molar-refractivity contribution in [3.8, 4) is 5.69 Å². The lowest BCUT2D eigenvalue weighted by Gasteiger charge is -2.36. The molecule has 0 bridgehead atoms. The van der Waals surface area contributed by atoms with Crippen molar-refractivity contribution < 1.29 is 4.39 Å². The molecule has 1 aliphatic rings. The SMILES string of the molecule is Fc1ccc(-n2cnnc2CCCN2CCN(c3ccc(Cl)cc3)CC2)cc1. The first-order chi connectivity index (χ1) is 13.7. The summed E-state index contributed by atoms with van der Waals surface area (Å²) >= 11 is 5.98. The second kappa shape index (κ2) is 8.71. The number of anilines is 1. The highest BCUT2D eigenvalue weighted by Crippen LogP contribution is 2.19. The van der Waals surface area contributed by atoms with E-state index in [2.05, 4.69) is 32.1 Å². The first-order valence-corrected chi connectivity index (χ1v) is 9.94. The fourth-order valence-electron chi connectivity index (χ4n) is 3.59. The average molecular weight is 400 g/mol. The van der Waals surface area contributed by atoms with Crippen LogP contribution in [0.25, 0.3) is 5.69 Å². The number of aromatic nitrogens is 3. The molecule has 3 aromatic rings. The van der Waals surface area contributed by atoms with Crippen LogP contribution in [0.1, 0.15) is 12.2 Å². The molecule has 0 aliphatic carbocycles. The highest BCUT2D eigenvalue weighted by Gasteiger charge is 2.17. The molecule has 0 saturated carbocycles. The topological polar surface area (TPSA) is 37.2 Å². The van der Waals surface area contributed by atoms with Gasteiger partial charge in [-0.15, -0.1) is 10.2 Å². The third-order valence-corrected chi connectivity index (χ3v) is 5.41. The Balaban J connectivity index is 1.26. The molecule has 0 unspecified atom stereocenters. The summed E-state index contributed by atoms with van der Waals surface area (Å²) in [5, 5.41) is 9.04. The number of nitrogens with zero attached hydrogens (tertiary/aromatic N) is 5. The number of hydrogen-bond donors (Lipinski definition) is 0. The van der Waals surface area contributed by atoms with E-state index in [1.807, 2.05) is 16.7 Å². The van der Waals surface area contributed by atoms with Crippen molar-refractivity contribution in [2.24, 2.45) is 0 Å². The lowest BCUT2D eigenvalue weighted by molar-refractivity contribution is 0.254. The lowest BCUT2D eigenvalue weighted by atomic mass is 10.2. The van der Waals surface area contributed by atoms with Gasteiger partial charge in [-0.2, -0.15) is 0 Å². The predicted molar refractivity (Wildman–Crippen MR) is 110 cm³/mol. The van der Waals surface area contributed by atoms with Crippen molar-refractivity contribution in [3.63, 3.8) is 0 Å². The van der Waals surface area contributed by atoms with Crippen LogP contribution < -0.4 is 4.90 Å². The largest absolute Gasteiger partial charge is 0.369 e. The van der Waals surface area contributed by atoms with E-state index in [0.29, 0.717) is 0 Å². The summed E-state index contributed by atoms with van der Waals surface area (Å²) in [7, 11) is 0. The molecule has 5 nitrogen and oxygen atoms in total. The normalized spacial score (nSPS) is 15.1. The van der Waals surface area contributed by atoms with Gasteiger partial charge in [-0.1, -0.05) is 11.6 Å². The maximum absolute atomic E-state index is 13.1. The Labute approximate surface area is 169 Å². The van der Waals surface area contributed by atoms with Crippen LogP contribution in [-0.4, -0.2) is 52.4 Å². The molecule has 7 heteroatoms. The van der Waals surface area contributed by atoms with E-state index in [4.69, 9.17) is 11.6 Å². The summed E-state index contributed by atoms with van der Waals surface area (Å²) < 4.78 is 15.1. The van der Waals surface area contributed by atoms with Gasteiger partial charge >= 0.3 is 0 Å². The summed E-state index contributed by atoms with van der Waals surface area (Å²) in [6, 6.07) is 14.5.